The van der Waals surface area contributed by atoms with Gasteiger partial charge in [0.15, 0.2) is 0 Å². The number of hydrogen-bond donors (Lipinski definition) is 1. The minimum Gasteiger partial charge on any atom is -0.394 e. The molecule has 0 fully saturated rings. The molecule has 0 aromatic heterocycles. The minimum absolute atomic E-state index is 0.0395. The topological polar surface area (TPSA) is 29.5 Å². The fourth-order valence-corrected chi connectivity index (χ4v) is 4.59. The van der Waals surface area contributed by atoms with E-state index in [4.69, 9.17) is 4.74 Å². The summed E-state index contributed by atoms with van der Waals surface area (Å²) in [5.74, 6) is 2.17. The van der Waals surface area contributed by atoms with E-state index in [1.807, 2.05) is 11.8 Å². The highest BCUT2D eigenvalue weighted by Crippen LogP contribution is 2.14. The number of aliphatic hydroxyl groups excluding tert-OH is 1. The van der Waals surface area contributed by atoms with Crippen LogP contribution in [0, 0.1) is 0 Å². The molecule has 0 saturated heterocycles. The summed E-state index contributed by atoms with van der Waals surface area (Å²) in [7, 11) is 0. The third-order valence-electron chi connectivity index (χ3n) is 5.50. The van der Waals surface area contributed by atoms with Gasteiger partial charge in [-0.2, -0.15) is 11.8 Å². The first-order valence-electron chi connectivity index (χ1n) is 12.6. The predicted octanol–water partition coefficient (Wildman–Crippen LogP) is 8.16. The first-order valence-corrected chi connectivity index (χ1v) is 13.8. The molecule has 1 N–H and O–H groups in total. The Morgan fingerprint density at radius 1 is 0.607 bits per heavy atom. The molecule has 3 heteroatoms. The van der Waals surface area contributed by atoms with Crippen LogP contribution in [-0.2, 0) is 4.74 Å². The van der Waals surface area contributed by atoms with E-state index in [-0.39, 0.29) is 12.7 Å². The molecule has 0 aliphatic carbocycles. The number of rotatable bonds is 24. The SMILES string of the molecule is CCCCCCCCCCCCSC[C@@H](CO)OCCCCCCCCCC. The van der Waals surface area contributed by atoms with Gasteiger partial charge in [-0.15, -0.1) is 0 Å². The Morgan fingerprint density at radius 3 is 1.50 bits per heavy atom. The van der Waals surface area contributed by atoms with Gasteiger partial charge in [0.25, 0.3) is 0 Å². The number of ether oxygens (including phenoxy) is 1. The largest absolute Gasteiger partial charge is 0.394 e. The quantitative estimate of drug-likeness (QED) is 0.161. The average Bonchev–Trinajstić information content (AvgIpc) is 2.71. The van der Waals surface area contributed by atoms with Crippen molar-refractivity contribution in [2.24, 2.45) is 0 Å². The minimum atomic E-state index is 0.0395. The molecule has 0 aliphatic heterocycles. The van der Waals surface area contributed by atoms with E-state index in [1.165, 1.54) is 115 Å². The van der Waals surface area contributed by atoms with E-state index in [2.05, 4.69) is 13.8 Å². The Kier molecular flexibility index (Phi) is 25.6. The smallest absolute Gasteiger partial charge is 0.0895 e. The van der Waals surface area contributed by atoms with Gasteiger partial charge in [-0.05, 0) is 18.6 Å². The lowest BCUT2D eigenvalue weighted by atomic mass is 10.1. The van der Waals surface area contributed by atoms with Gasteiger partial charge in [0, 0.05) is 12.4 Å². The molecule has 2 nitrogen and oxygen atoms in total. The molecule has 0 aromatic rings. The number of hydrogen-bond acceptors (Lipinski definition) is 3. The Morgan fingerprint density at radius 2 is 1.04 bits per heavy atom. The summed E-state index contributed by atoms with van der Waals surface area (Å²) in [6.07, 6.45) is 24.7. The molecule has 0 bridgehead atoms. The predicted molar refractivity (Wildman–Crippen MR) is 129 cm³/mol. The van der Waals surface area contributed by atoms with Gasteiger partial charge in [0.1, 0.15) is 0 Å². The van der Waals surface area contributed by atoms with Gasteiger partial charge >= 0.3 is 0 Å². The van der Waals surface area contributed by atoms with Crippen LogP contribution in [0.2, 0.25) is 0 Å². The zero-order chi connectivity index (χ0) is 20.5. The van der Waals surface area contributed by atoms with Gasteiger partial charge in [-0.3, -0.25) is 0 Å². The van der Waals surface area contributed by atoms with Gasteiger partial charge in [0.2, 0.25) is 0 Å². The Labute approximate surface area is 182 Å². The average molecular weight is 417 g/mol. The summed E-state index contributed by atoms with van der Waals surface area (Å²) < 4.78 is 5.87. The van der Waals surface area contributed by atoms with Crippen LogP contribution in [0.5, 0.6) is 0 Å². The van der Waals surface area contributed by atoms with Crippen molar-refractivity contribution in [1.29, 1.82) is 0 Å². The maximum atomic E-state index is 9.49. The molecule has 0 rings (SSSR count). The number of aliphatic hydroxyl groups is 1. The molecule has 0 spiro atoms. The standard InChI is InChI=1S/C25H52O2S/c1-3-5-7-9-11-13-14-16-18-20-22-28-24-25(23-26)27-21-19-17-15-12-10-8-6-4-2/h25-26H,3-24H2,1-2H3/t25-/m1/s1. The number of thioether (sulfide) groups is 1. The van der Waals surface area contributed by atoms with E-state index in [0.717, 1.165) is 18.8 Å². The van der Waals surface area contributed by atoms with Crippen molar-refractivity contribution in [3.05, 3.63) is 0 Å². The first-order chi connectivity index (χ1) is 13.8. The van der Waals surface area contributed by atoms with Crippen LogP contribution in [0.15, 0.2) is 0 Å². The van der Waals surface area contributed by atoms with Crippen LogP contribution in [-0.4, -0.2) is 35.9 Å². The van der Waals surface area contributed by atoms with Crippen molar-refractivity contribution in [3.8, 4) is 0 Å². The summed E-state index contributed by atoms with van der Waals surface area (Å²) in [4.78, 5) is 0. The molecule has 0 aromatic carbocycles. The van der Waals surface area contributed by atoms with E-state index in [9.17, 15) is 5.11 Å². The van der Waals surface area contributed by atoms with Gasteiger partial charge < -0.3 is 9.84 Å². The van der Waals surface area contributed by atoms with Crippen LogP contribution in [0.1, 0.15) is 129 Å². The lowest BCUT2D eigenvalue weighted by Gasteiger charge is -2.15. The second-order valence-corrected chi connectivity index (χ2v) is 9.56. The molecule has 0 unspecified atom stereocenters. The van der Waals surface area contributed by atoms with Crippen molar-refractivity contribution >= 4 is 11.8 Å². The van der Waals surface area contributed by atoms with Crippen LogP contribution < -0.4 is 0 Å². The third kappa shape index (κ3) is 22.6. The van der Waals surface area contributed by atoms with Crippen LogP contribution in [0.25, 0.3) is 0 Å². The Balaban J connectivity index is 3.27. The van der Waals surface area contributed by atoms with Crippen molar-refractivity contribution in [2.45, 2.75) is 136 Å². The summed E-state index contributed by atoms with van der Waals surface area (Å²) in [5.41, 5.74) is 0. The molecule has 0 amide bonds. The fourth-order valence-electron chi connectivity index (χ4n) is 3.55. The zero-order valence-electron chi connectivity index (χ0n) is 19.4. The fraction of sp³-hybridized carbons (Fsp3) is 1.00. The normalized spacial score (nSPS) is 12.5. The van der Waals surface area contributed by atoms with Crippen molar-refractivity contribution < 1.29 is 9.84 Å². The molecule has 0 radical (unpaired) electrons. The van der Waals surface area contributed by atoms with E-state index in [0.29, 0.717) is 0 Å². The van der Waals surface area contributed by atoms with E-state index >= 15 is 0 Å². The van der Waals surface area contributed by atoms with Crippen LogP contribution >= 0.6 is 11.8 Å². The molecule has 0 heterocycles. The molecule has 0 aliphatic rings. The molecular formula is C25H52O2S. The van der Waals surface area contributed by atoms with Crippen molar-refractivity contribution in [2.75, 3.05) is 24.7 Å². The summed E-state index contributed by atoms with van der Waals surface area (Å²) in [6, 6.07) is 0. The molecule has 0 saturated carbocycles. The Hall–Kier alpha value is 0.270. The maximum absolute atomic E-state index is 9.49. The second kappa shape index (κ2) is 25.3. The van der Waals surface area contributed by atoms with Gasteiger partial charge in [-0.1, -0.05) is 117 Å². The molecule has 28 heavy (non-hydrogen) atoms. The molecular weight excluding hydrogens is 364 g/mol. The monoisotopic (exact) mass is 416 g/mol. The zero-order valence-corrected chi connectivity index (χ0v) is 20.2. The molecule has 1 atom stereocenters. The highest BCUT2D eigenvalue weighted by atomic mass is 32.2. The van der Waals surface area contributed by atoms with Crippen LogP contribution in [0.3, 0.4) is 0 Å². The highest BCUT2D eigenvalue weighted by molar-refractivity contribution is 7.99. The van der Waals surface area contributed by atoms with Crippen molar-refractivity contribution in [3.63, 3.8) is 0 Å². The van der Waals surface area contributed by atoms with Gasteiger partial charge in [-0.25, -0.2) is 0 Å². The van der Waals surface area contributed by atoms with Gasteiger partial charge in [0.05, 0.1) is 12.7 Å². The Bertz CT molecular complexity index is 273. The second-order valence-electron chi connectivity index (χ2n) is 8.41. The first kappa shape index (κ1) is 28.3. The van der Waals surface area contributed by atoms with Crippen LogP contribution in [0.4, 0.5) is 0 Å². The lowest BCUT2D eigenvalue weighted by Crippen LogP contribution is -2.21. The van der Waals surface area contributed by atoms with E-state index < -0.39 is 0 Å². The van der Waals surface area contributed by atoms with Crippen molar-refractivity contribution in [1.82, 2.24) is 0 Å². The third-order valence-corrected chi connectivity index (χ3v) is 6.69. The summed E-state index contributed by atoms with van der Waals surface area (Å²) in [6.45, 7) is 5.54. The highest BCUT2D eigenvalue weighted by Gasteiger charge is 2.07. The summed E-state index contributed by atoms with van der Waals surface area (Å²) >= 11 is 1.96. The number of unbranched alkanes of at least 4 members (excludes halogenated alkanes) is 16. The lowest BCUT2D eigenvalue weighted by molar-refractivity contribution is 0.0260. The molecule has 170 valence electrons. The maximum Gasteiger partial charge on any atom is 0.0895 e. The summed E-state index contributed by atoms with van der Waals surface area (Å²) in [5, 5.41) is 9.49. The van der Waals surface area contributed by atoms with E-state index in [1.54, 1.807) is 0 Å².